The highest BCUT2D eigenvalue weighted by Crippen LogP contribution is 2.18. The predicted octanol–water partition coefficient (Wildman–Crippen LogP) is 2.61. The van der Waals surface area contributed by atoms with E-state index < -0.39 is 0 Å². The van der Waals surface area contributed by atoms with Crippen LogP contribution in [0.4, 0.5) is 0 Å². The molecule has 0 unspecified atom stereocenters. The van der Waals surface area contributed by atoms with Crippen molar-refractivity contribution in [3.63, 3.8) is 0 Å². The lowest BCUT2D eigenvalue weighted by Crippen LogP contribution is -2.51. The molecular weight excluding hydrogens is 390 g/mol. The summed E-state index contributed by atoms with van der Waals surface area (Å²) in [7, 11) is 0. The maximum atomic E-state index is 13.2. The van der Waals surface area contributed by atoms with Crippen molar-refractivity contribution in [2.45, 2.75) is 19.8 Å². The molecule has 31 heavy (non-hydrogen) atoms. The van der Waals surface area contributed by atoms with E-state index in [4.69, 9.17) is 0 Å². The van der Waals surface area contributed by atoms with Gasteiger partial charge in [0.1, 0.15) is 0 Å². The summed E-state index contributed by atoms with van der Waals surface area (Å²) >= 11 is 0. The summed E-state index contributed by atoms with van der Waals surface area (Å²) in [5.74, 6) is -0.0771. The van der Waals surface area contributed by atoms with Gasteiger partial charge in [0.25, 0.3) is 5.91 Å². The van der Waals surface area contributed by atoms with Crippen molar-refractivity contribution in [1.29, 1.82) is 0 Å². The molecule has 0 radical (unpaired) electrons. The SMILES string of the molecule is Cc1ccc(C(=O)c2ccccc2C(=O)N2CCN(CC(=O)N3CCCC3)CC2)cc1. The van der Waals surface area contributed by atoms with Gasteiger partial charge in [0, 0.05) is 50.4 Å². The molecule has 4 rings (SSSR count). The van der Waals surface area contributed by atoms with E-state index in [1.807, 2.05) is 24.0 Å². The summed E-state index contributed by atoms with van der Waals surface area (Å²) in [5, 5.41) is 0. The van der Waals surface area contributed by atoms with Gasteiger partial charge in [-0.25, -0.2) is 0 Å². The summed E-state index contributed by atoms with van der Waals surface area (Å²) < 4.78 is 0. The minimum absolute atomic E-state index is 0.124. The van der Waals surface area contributed by atoms with E-state index in [0.717, 1.165) is 31.5 Å². The third-order valence-corrected chi connectivity index (χ3v) is 6.19. The number of likely N-dealkylation sites (tertiary alicyclic amines) is 1. The summed E-state index contributed by atoms with van der Waals surface area (Å²) in [4.78, 5) is 44.5. The molecule has 2 fully saturated rings. The van der Waals surface area contributed by atoms with Crippen LogP contribution < -0.4 is 0 Å². The van der Waals surface area contributed by atoms with Gasteiger partial charge in [-0.15, -0.1) is 0 Å². The summed E-state index contributed by atoms with van der Waals surface area (Å²) in [6.45, 7) is 6.57. The second-order valence-electron chi connectivity index (χ2n) is 8.40. The quantitative estimate of drug-likeness (QED) is 0.699. The van der Waals surface area contributed by atoms with E-state index in [1.54, 1.807) is 41.3 Å². The van der Waals surface area contributed by atoms with Crippen LogP contribution in [0.1, 0.15) is 44.7 Å². The zero-order valence-electron chi connectivity index (χ0n) is 18.0. The molecule has 6 heteroatoms. The van der Waals surface area contributed by atoms with Crippen LogP contribution in [-0.4, -0.2) is 78.1 Å². The molecule has 162 valence electrons. The van der Waals surface area contributed by atoms with Gasteiger partial charge in [-0.3, -0.25) is 19.3 Å². The fourth-order valence-electron chi connectivity index (χ4n) is 4.27. The van der Waals surface area contributed by atoms with E-state index in [9.17, 15) is 14.4 Å². The van der Waals surface area contributed by atoms with Crippen LogP contribution in [0, 0.1) is 6.92 Å². The summed E-state index contributed by atoms with van der Waals surface area (Å²) in [6.07, 6.45) is 2.18. The Bertz CT molecular complexity index is 956. The van der Waals surface area contributed by atoms with Crippen LogP contribution in [-0.2, 0) is 4.79 Å². The topological polar surface area (TPSA) is 60.9 Å². The molecule has 2 saturated heterocycles. The number of ketones is 1. The normalized spacial score (nSPS) is 17.1. The number of rotatable bonds is 5. The number of hydrogen-bond donors (Lipinski definition) is 0. The maximum absolute atomic E-state index is 13.2. The molecule has 0 saturated carbocycles. The maximum Gasteiger partial charge on any atom is 0.254 e. The Morgan fingerprint density at radius 3 is 2.00 bits per heavy atom. The van der Waals surface area contributed by atoms with Crippen LogP contribution in [0.2, 0.25) is 0 Å². The number of piperazine rings is 1. The smallest absolute Gasteiger partial charge is 0.254 e. The van der Waals surface area contributed by atoms with Crippen LogP contribution in [0.5, 0.6) is 0 Å². The predicted molar refractivity (Wildman–Crippen MR) is 119 cm³/mol. The van der Waals surface area contributed by atoms with Crippen LogP contribution in [0.15, 0.2) is 48.5 Å². The van der Waals surface area contributed by atoms with Gasteiger partial charge in [0.15, 0.2) is 5.78 Å². The number of hydrogen-bond acceptors (Lipinski definition) is 4. The van der Waals surface area contributed by atoms with Gasteiger partial charge < -0.3 is 9.80 Å². The third-order valence-electron chi connectivity index (χ3n) is 6.19. The molecule has 0 spiro atoms. The Labute approximate surface area is 183 Å². The molecule has 2 heterocycles. The van der Waals surface area contributed by atoms with Crippen molar-refractivity contribution in [3.05, 3.63) is 70.8 Å². The number of benzene rings is 2. The second kappa shape index (κ2) is 9.43. The molecule has 0 aromatic heterocycles. The molecule has 0 atom stereocenters. The van der Waals surface area contributed by atoms with E-state index in [1.165, 1.54) is 0 Å². The van der Waals surface area contributed by atoms with Crippen LogP contribution in [0.25, 0.3) is 0 Å². The Morgan fingerprint density at radius 1 is 0.742 bits per heavy atom. The molecule has 2 aromatic carbocycles. The first-order chi connectivity index (χ1) is 15.0. The highest BCUT2D eigenvalue weighted by Gasteiger charge is 2.27. The average molecular weight is 420 g/mol. The zero-order chi connectivity index (χ0) is 21.8. The Kier molecular flexibility index (Phi) is 6.47. The average Bonchev–Trinajstić information content (AvgIpc) is 3.34. The minimum atomic E-state index is -0.140. The third kappa shape index (κ3) is 4.85. The molecule has 2 aliphatic heterocycles. The van der Waals surface area contributed by atoms with Crippen molar-refractivity contribution in [3.8, 4) is 0 Å². The van der Waals surface area contributed by atoms with E-state index >= 15 is 0 Å². The lowest BCUT2D eigenvalue weighted by Gasteiger charge is -2.35. The number of amides is 2. The van der Waals surface area contributed by atoms with Crippen LogP contribution in [0.3, 0.4) is 0 Å². The fourth-order valence-corrected chi connectivity index (χ4v) is 4.27. The number of carbonyl (C=O) groups is 3. The lowest BCUT2D eigenvalue weighted by atomic mass is 9.97. The molecule has 2 aromatic rings. The van der Waals surface area contributed by atoms with Gasteiger partial charge in [-0.05, 0) is 25.8 Å². The summed E-state index contributed by atoms with van der Waals surface area (Å²) in [6, 6.07) is 14.4. The van der Waals surface area contributed by atoms with Gasteiger partial charge in [0.05, 0.1) is 12.1 Å². The first-order valence-electron chi connectivity index (χ1n) is 11.0. The first kappa shape index (κ1) is 21.2. The Hall–Kier alpha value is -2.99. The van der Waals surface area contributed by atoms with E-state index in [0.29, 0.717) is 49.4 Å². The number of carbonyl (C=O) groups excluding carboxylic acids is 3. The van der Waals surface area contributed by atoms with Crippen molar-refractivity contribution in [1.82, 2.24) is 14.7 Å². The second-order valence-corrected chi connectivity index (χ2v) is 8.40. The first-order valence-corrected chi connectivity index (χ1v) is 11.0. The molecular formula is C25H29N3O3. The highest BCUT2D eigenvalue weighted by atomic mass is 16.2. The zero-order valence-corrected chi connectivity index (χ0v) is 18.0. The van der Waals surface area contributed by atoms with Gasteiger partial charge >= 0.3 is 0 Å². The van der Waals surface area contributed by atoms with Crippen molar-refractivity contribution in [2.24, 2.45) is 0 Å². The lowest BCUT2D eigenvalue weighted by molar-refractivity contribution is -0.131. The standard InChI is InChI=1S/C25H29N3O3/c1-19-8-10-20(11-9-19)24(30)21-6-2-3-7-22(21)25(31)28-16-14-26(15-17-28)18-23(29)27-12-4-5-13-27/h2-3,6-11H,4-5,12-18H2,1H3. The number of nitrogens with zero attached hydrogens (tertiary/aromatic N) is 3. The van der Waals surface area contributed by atoms with E-state index in [2.05, 4.69) is 4.90 Å². The van der Waals surface area contributed by atoms with Crippen molar-refractivity contribution < 1.29 is 14.4 Å². The summed E-state index contributed by atoms with van der Waals surface area (Å²) in [5.41, 5.74) is 2.54. The van der Waals surface area contributed by atoms with Crippen LogP contribution >= 0.6 is 0 Å². The largest absolute Gasteiger partial charge is 0.342 e. The number of aryl methyl sites for hydroxylation is 1. The molecule has 0 N–H and O–H groups in total. The molecule has 0 aliphatic carbocycles. The molecule has 2 aliphatic rings. The Balaban J connectivity index is 1.41. The molecule has 2 amide bonds. The van der Waals surface area contributed by atoms with Gasteiger partial charge in [-0.1, -0.05) is 48.0 Å². The van der Waals surface area contributed by atoms with Crippen molar-refractivity contribution >= 4 is 17.6 Å². The Morgan fingerprint density at radius 2 is 1.35 bits per heavy atom. The van der Waals surface area contributed by atoms with Gasteiger partial charge in [-0.2, -0.15) is 0 Å². The van der Waals surface area contributed by atoms with Gasteiger partial charge in [0.2, 0.25) is 5.91 Å². The molecule has 0 bridgehead atoms. The monoisotopic (exact) mass is 419 g/mol. The van der Waals surface area contributed by atoms with E-state index in [-0.39, 0.29) is 17.6 Å². The minimum Gasteiger partial charge on any atom is -0.342 e. The van der Waals surface area contributed by atoms with Crippen molar-refractivity contribution in [2.75, 3.05) is 45.8 Å². The highest BCUT2D eigenvalue weighted by molar-refractivity contribution is 6.15. The fraction of sp³-hybridized carbons (Fsp3) is 0.400. The molecule has 6 nitrogen and oxygen atoms in total.